The molecule has 0 aromatic heterocycles. The van der Waals surface area contributed by atoms with Crippen LogP contribution in [0.1, 0.15) is 35.3 Å². The van der Waals surface area contributed by atoms with Gasteiger partial charge in [0.15, 0.2) is 0 Å². The number of esters is 3. The second kappa shape index (κ2) is 7.17. The van der Waals surface area contributed by atoms with Gasteiger partial charge in [0.05, 0.1) is 25.9 Å². The number of hydrogen-bond donors (Lipinski definition) is 0. The first-order valence-corrected chi connectivity index (χ1v) is 8.17. The summed E-state index contributed by atoms with van der Waals surface area (Å²) in [7, 11) is 1.26. The number of carbonyl (C=O) groups excluding carboxylic acids is 3. The molecule has 2 rings (SSSR count). The van der Waals surface area contributed by atoms with E-state index in [2.05, 4.69) is 15.9 Å². The molecule has 0 spiro atoms. The SMILES string of the molecule is CCOC(=O)C1(C(=O)OCC)C(Br)=Cc2ccc(C(=O)OC)cc21. The van der Waals surface area contributed by atoms with E-state index in [1.165, 1.54) is 13.2 Å². The highest BCUT2D eigenvalue weighted by molar-refractivity contribution is 9.12. The van der Waals surface area contributed by atoms with E-state index >= 15 is 0 Å². The van der Waals surface area contributed by atoms with Crippen LogP contribution in [-0.2, 0) is 29.2 Å². The molecule has 0 atom stereocenters. The van der Waals surface area contributed by atoms with Crippen molar-refractivity contribution in [2.75, 3.05) is 20.3 Å². The third-order valence-corrected chi connectivity index (χ3v) is 4.51. The molecule has 6 nitrogen and oxygen atoms in total. The van der Waals surface area contributed by atoms with Crippen molar-refractivity contribution in [1.82, 2.24) is 0 Å². The van der Waals surface area contributed by atoms with Gasteiger partial charge < -0.3 is 14.2 Å². The van der Waals surface area contributed by atoms with Crippen LogP contribution in [0.3, 0.4) is 0 Å². The molecular weight excluding hydrogens is 380 g/mol. The van der Waals surface area contributed by atoms with Crippen LogP contribution in [0.5, 0.6) is 0 Å². The van der Waals surface area contributed by atoms with Crippen LogP contribution in [0.4, 0.5) is 0 Å². The summed E-state index contributed by atoms with van der Waals surface area (Å²) in [5, 5.41) is 0. The summed E-state index contributed by atoms with van der Waals surface area (Å²) >= 11 is 3.31. The minimum Gasteiger partial charge on any atom is -0.465 e. The highest BCUT2D eigenvalue weighted by atomic mass is 79.9. The van der Waals surface area contributed by atoms with E-state index in [9.17, 15) is 14.4 Å². The molecule has 7 heteroatoms. The van der Waals surface area contributed by atoms with E-state index in [0.717, 1.165) is 0 Å². The fraction of sp³-hybridized carbons (Fsp3) is 0.353. The quantitative estimate of drug-likeness (QED) is 0.432. The highest BCUT2D eigenvalue weighted by Gasteiger charge is 2.56. The number of fused-ring (bicyclic) bond motifs is 1. The Labute approximate surface area is 147 Å². The number of hydrogen-bond acceptors (Lipinski definition) is 6. The minimum absolute atomic E-state index is 0.103. The monoisotopic (exact) mass is 396 g/mol. The summed E-state index contributed by atoms with van der Waals surface area (Å²) < 4.78 is 15.3. The van der Waals surface area contributed by atoms with Gasteiger partial charge in [0, 0.05) is 4.48 Å². The zero-order valence-corrected chi connectivity index (χ0v) is 15.1. The molecule has 0 unspecified atom stereocenters. The topological polar surface area (TPSA) is 78.9 Å². The Kier molecular flexibility index (Phi) is 5.43. The molecule has 0 bridgehead atoms. The molecule has 24 heavy (non-hydrogen) atoms. The Morgan fingerprint density at radius 1 is 1.08 bits per heavy atom. The van der Waals surface area contributed by atoms with Gasteiger partial charge in [0.2, 0.25) is 5.41 Å². The van der Waals surface area contributed by atoms with Crippen molar-refractivity contribution < 1.29 is 28.6 Å². The third-order valence-electron chi connectivity index (χ3n) is 3.68. The number of methoxy groups -OCH3 is 1. The van der Waals surface area contributed by atoms with E-state index in [4.69, 9.17) is 14.2 Å². The maximum atomic E-state index is 12.7. The molecule has 1 aromatic rings. The standard InChI is InChI=1S/C17H17BrO6/c1-4-23-15(20)17(16(21)24-5-2)12-8-11(14(19)22-3)7-6-10(12)9-13(17)18/h6-9H,4-5H2,1-3H3. The summed E-state index contributed by atoms with van der Waals surface area (Å²) in [6.45, 7) is 3.50. The zero-order valence-electron chi connectivity index (χ0n) is 13.6. The third kappa shape index (κ3) is 2.73. The predicted molar refractivity (Wildman–Crippen MR) is 89.6 cm³/mol. The van der Waals surface area contributed by atoms with Gasteiger partial charge in [-0.25, -0.2) is 4.79 Å². The zero-order chi connectivity index (χ0) is 17.9. The van der Waals surface area contributed by atoms with E-state index in [-0.39, 0.29) is 18.8 Å². The second-order valence-corrected chi connectivity index (χ2v) is 5.83. The van der Waals surface area contributed by atoms with E-state index < -0.39 is 23.3 Å². The molecule has 128 valence electrons. The summed E-state index contributed by atoms with van der Waals surface area (Å²) in [6.07, 6.45) is 1.64. The van der Waals surface area contributed by atoms with Gasteiger partial charge in [-0.1, -0.05) is 22.0 Å². The number of halogens is 1. The smallest absolute Gasteiger partial charge is 0.337 e. The number of ether oxygens (including phenoxy) is 3. The van der Waals surface area contributed by atoms with Gasteiger partial charge in [-0.3, -0.25) is 9.59 Å². The molecule has 0 saturated carbocycles. The Morgan fingerprint density at radius 3 is 2.17 bits per heavy atom. The van der Waals surface area contributed by atoms with Crippen LogP contribution in [0.2, 0.25) is 0 Å². The first kappa shape index (κ1) is 18.2. The normalized spacial score (nSPS) is 14.4. The van der Waals surface area contributed by atoms with Crippen molar-refractivity contribution >= 4 is 39.9 Å². The molecule has 0 radical (unpaired) electrons. The van der Waals surface area contributed by atoms with Crippen molar-refractivity contribution in [3.63, 3.8) is 0 Å². The minimum atomic E-state index is -1.77. The fourth-order valence-electron chi connectivity index (χ4n) is 2.60. The van der Waals surface area contributed by atoms with Crippen LogP contribution in [0.15, 0.2) is 22.7 Å². The van der Waals surface area contributed by atoms with Crippen LogP contribution in [0, 0.1) is 0 Å². The maximum absolute atomic E-state index is 12.7. The lowest BCUT2D eigenvalue weighted by Gasteiger charge is -2.27. The van der Waals surface area contributed by atoms with Crippen LogP contribution in [-0.4, -0.2) is 38.2 Å². The molecule has 0 N–H and O–H groups in total. The molecule has 0 aliphatic heterocycles. The Morgan fingerprint density at radius 2 is 1.67 bits per heavy atom. The average molecular weight is 397 g/mol. The molecular formula is C17H17BrO6. The van der Waals surface area contributed by atoms with Crippen molar-refractivity contribution in [2.45, 2.75) is 19.3 Å². The summed E-state index contributed by atoms with van der Waals surface area (Å²) in [5.41, 5.74) is -0.597. The van der Waals surface area contributed by atoms with Crippen LogP contribution in [0.25, 0.3) is 6.08 Å². The van der Waals surface area contributed by atoms with E-state index in [1.54, 1.807) is 32.1 Å². The lowest BCUT2D eigenvalue weighted by Crippen LogP contribution is -2.45. The summed E-state index contributed by atoms with van der Waals surface area (Å²) in [4.78, 5) is 37.2. The molecule has 0 amide bonds. The van der Waals surface area contributed by atoms with Crippen molar-refractivity contribution in [2.24, 2.45) is 0 Å². The predicted octanol–water partition coefficient (Wildman–Crippen LogP) is 2.59. The van der Waals surface area contributed by atoms with Gasteiger partial charge in [0.1, 0.15) is 0 Å². The average Bonchev–Trinajstić information content (AvgIpc) is 2.86. The first-order valence-electron chi connectivity index (χ1n) is 7.38. The molecule has 1 aromatic carbocycles. The van der Waals surface area contributed by atoms with Crippen LogP contribution >= 0.6 is 15.9 Å². The lowest BCUT2D eigenvalue weighted by atomic mass is 9.81. The van der Waals surface area contributed by atoms with Gasteiger partial charge in [-0.2, -0.15) is 0 Å². The Bertz CT molecular complexity index is 704. The molecule has 0 saturated heterocycles. The summed E-state index contributed by atoms with van der Waals surface area (Å²) in [6, 6.07) is 4.66. The molecule has 0 fully saturated rings. The largest absolute Gasteiger partial charge is 0.465 e. The van der Waals surface area contributed by atoms with Gasteiger partial charge >= 0.3 is 17.9 Å². The van der Waals surface area contributed by atoms with Crippen molar-refractivity contribution in [1.29, 1.82) is 0 Å². The number of rotatable bonds is 5. The molecule has 1 aliphatic carbocycles. The van der Waals surface area contributed by atoms with Crippen molar-refractivity contribution in [3.05, 3.63) is 39.4 Å². The number of benzene rings is 1. The highest BCUT2D eigenvalue weighted by Crippen LogP contribution is 2.47. The maximum Gasteiger partial charge on any atom is 0.337 e. The van der Waals surface area contributed by atoms with E-state index in [0.29, 0.717) is 15.6 Å². The summed E-state index contributed by atoms with van der Waals surface area (Å²) in [5.74, 6) is -2.08. The number of carbonyl (C=O) groups is 3. The van der Waals surface area contributed by atoms with Gasteiger partial charge in [-0.05, 0) is 43.2 Å². The van der Waals surface area contributed by atoms with Gasteiger partial charge in [0.25, 0.3) is 0 Å². The first-order chi connectivity index (χ1) is 11.4. The second-order valence-electron chi connectivity index (χ2n) is 4.98. The Balaban J connectivity index is 2.68. The Hall–Kier alpha value is -2.15. The molecule has 0 heterocycles. The fourth-order valence-corrected chi connectivity index (χ4v) is 3.39. The molecule has 1 aliphatic rings. The van der Waals surface area contributed by atoms with Gasteiger partial charge in [-0.15, -0.1) is 0 Å². The van der Waals surface area contributed by atoms with Crippen LogP contribution < -0.4 is 0 Å². The van der Waals surface area contributed by atoms with E-state index in [1.807, 2.05) is 0 Å². The lowest BCUT2D eigenvalue weighted by molar-refractivity contribution is -0.161. The van der Waals surface area contributed by atoms with Crippen molar-refractivity contribution in [3.8, 4) is 0 Å².